The zero-order valence-electron chi connectivity index (χ0n) is 10.6. The Morgan fingerprint density at radius 3 is 2.90 bits per heavy atom. The van der Waals surface area contributed by atoms with Crippen LogP contribution >= 0.6 is 11.3 Å². The lowest BCUT2D eigenvalue weighted by Gasteiger charge is -2.25. The highest BCUT2D eigenvalue weighted by atomic mass is 32.1. The first-order chi connectivity index (χ1) is 9.65. The van der Waals surface area contributed by atoms with Crippen LogP contribution in [-0.2, 0) is 16.1 Å². The van der Waals surface area contributed by atoms with Gasteiger partial charge in [-0.15, -0.1) is 0 Å². The summed E-state index contributed by atoms with van der Waals surface area (Å²) in [6.07, 6.45) is 1.30. The average Bonchev–Trinajstić information content (AvgIpc) is 2.87. The zero-order valence-corrected chi connectivity index (χ0v) is 11.4. The van der Waals surface area contributed by atoms with Gasteiger partial charge >= 0.3 is 0 Å². The molecular weight excluding hydrogens is 282 g/mol. The van der Waals surface area contributed by atoms with E-state index in [4.69, 9.17) is 10.5 Å². The summed E-state index contributed by atoms with van der Waals surface area (Å²) < 4.78 is 6.92. The number of ether oxygens (including phenoxy) is 1. The molecule has 0 radical (unpaired) electrons. The molecule has 2 aromatic rings. The maximum absolute atomic E-state index is 12.2. The number of carbonyl (C=O) groups excluding carboxylic acids is 1. The van der Waals surface area contributed by atoms with Crippen molar-refractivity contribution in [2.24, 2.45) is 5.73 Å². The first-order valence-electron chi connectivity index (χ1n) is 6.12. The second-order valence-corrected chi connectivity index (χ2v) is 5.37. The lowest BCUT2D eigenvalue weighted by Crippen LogP contribution is -2.36. The summed E-state index contributed by atoms with van der Waals surface area (Å²) in [5.74, 6) is -0.578. The van der Waals surface area contributed by atoms with Gasteiger partial charge in [-0.2, -0.15) is 4.98 Å². The second kappa shape index (κ2) is 5.17. The molecule has 9 heteroatoms. The van der Waals surface area contributed by atoms with Gasteiger partial charge in [-0.05, 0) is 0 Å². The zero-order chi connectivity index (χ0) is 14.1. The normalized spacial score (nSPS) is 15.7. The van der Waals surface area contributed by atoms with Crippen LogP contribution in [0.1, 0.15) is 0 Å². The number of anilines is 1. The van der Waals surface area contributed by atoms with Crippen LogP contribution in [0.15, 0.2) is 11.1 Å². The number of fused-ring (bicyclic) bond motifs is 1. The molecule has 1 saturated heterocycles. The smallest absolute Gasteiger partial charge is 0.273 e. The van der Waals surface area contributed by atoms with Crippen LogP contribution in [0.3, 0.4) is 0 Å². The van der Waals surface area contributed by atoms with Crippen molar-refractivity contribution in [3.63, 3.8) is 0 Å². The molecule has 0 atom stereocenters. The molecular formula is C11H13N5O3S. The Balaban J connectivity index is 2.00. The fourth-order valence-corrected chi connectivity index (χ4v) is 3.03. The fourth-order valence-electron chi connectivity index (χ4n) is 2.01. The Morgan fingerprint density at radius 2 is 2.20 bits per heavy atom. The number of primary amides is 1. The molecule has 1 aliphatic rings. The number of nitrogens with zero attached hydrogens (tertiary/aromatic N) is 4. The molecule has 0 bridgehead atoms. The molecule has 1 aliphatic heterocycles. The summed E-state index contributed by atoms with van der Waals surface area (Å²) in [5, 5.41) is 0.754. The first kappa shape index (κ1) is 13.0. The van der Waals surface area contributed by atoms with E-state index in [2.05, 4.69) is 14.9 Å². The van der Waals surface area contributed by atoms with Crippen molar-refractivity contribution >= 4 is 32.7 Å². The Bertz CT molecular complexity index is 704. The predicted molar refractivity (Wildman–Crippen MR) is 73.9 cm³/mol. The van der Waals surface area contributed by atoms with Gasteiger partial charge in [-0.3, -0.25) is 14.2 Å². The fraction of sp³-hybridized carbons (Fsp3) is 0.455. The highest BCUT2D eigenvalue weighted by molar-refractivity contribution is 7.22. The number of thiazole rings is 1. The molecule has 106 valence electrons. The molecule has 0 unspecified atom stereocenters. The lowest BCUT2D eigenvalue weighted by atomic mass is 10.5. The van der Waals surface area contributed by atoms with Crippen molar-refractivity contribution in [3.8, 4) is 0 Å². The summed E-state index contributed by atoms with van der Waals surface area (Å²) in [7, 11) is 0. The average molecular weight is 295 g/mol. The molecule has 1 amide bonds. The highest BCUT2D eigenvalue weighted by Crippen LogP contribution is 2.25. The number of hydrogen-bond acceptors (Lipinski definition) is 7. The van der Waals surface area contributed by atoms with Gasteiger partial charge in [0.2, 0.25) is 5.91 Å². The number of morpholine rings is 1. The van der Waals surface area contributed by atoms with Crippen molar-refractivity contribution in [1.29, 1.82) is 0 Å². The molecule has 1 fully saturated rings. The van der Waals surface area contributed by atoms with E-state index in [1.807, 2.05) is 0 Å². The molecule has 0 saturated carbocycles. The van der Waals surface area contributed by atoms with Crippen molar-refractivity contribution in [2.45, 2.75) is 6.54 Å². The van der Waals surface area contributed by atoms with E-state index in [0.717, 1.165) is 18.2 Å². The van der Waals surface area contributed by atoms with E-state index >= 15 is 0 Å². The third-order valence-electron chi connectivity index (χ3n) is 2.98. The van der Waals surface area contributed by atoms with Crippen LogP contribution in [-0.4, -0.2) is 46.7 Å². The molecule has 2 N–H and O–H groups in total. The topological polar surface area (TPSA) is 103 Å². The largest absolute Gasteiger partial charge is 0.378 e. The van der Waals surface area contributed by atoms with Gasteiger partial charge in [0, 0.05) is 13.1 Å². The third kappa shape index (κ3) is 2.37. The van der Waals surface area contributed by atoms with Crippen LogP contribution in [0.25, 0.3) is 10.3 Å². The van der Waals surface area contributed by atoms with Crippen LogP contribution < -0.4 is 16.2 Å². The molecule has 20 heavy (non-hydrogen) atoms. The second-order valence-electron chi connectivity index (χ2n) is 4.39. The van der Waals surface area contributed by atoms with E-state index < -0.39 is 5.91 Å². The highest BCUT2D eigenvalue weighted by Gasteiger charge is 2.18. The van der Waals surface area contributed by atoms with Gasteiger partial charge in [-0.25, -0.2) is 4.98 Å². The van der Waals surface area contributed by atoms with Gasteiger partial charge in [0.25, 0.3) is 5.56 Å². The van der Waals surface area contributed by atoms with Gasteiger partial charge < -0.3 is 15.4 Å². The molecule has 3 heterocycles. The van der Waals surface area contributed by atoms with Crippen molar-refractivity contribution < 1.29 is 9.53 Å². The first-order valence-corrected chi connectivity index (χ1v) is 6.94. The Morgan fingerprint density at radius 1 is 1.45 bits per heavy atom. The Hall–Kier alpha value is -2.00. The number of nitrogens with two attached hydrogens (primary N) is 1. The van der Waals surface area contributed by atoms with E-state index in [1.54, 1.807) is 0 Å². The van der Waals surface area contributed by atoms with Crippen molar-refractivity contribution in [3.05, 3.63) is 16.7 Å². The summed E-state index contributed by atoms with van der Waals surface area (Å²) in [5.41, 5.74) is 5.22. The summed E-state index contributed by atoms with van der Waals surface area (Å²) in [6, 6.07) is 0. The van der Waals surface area contributed by atoms with Crippen LogP contribution in [0.2, 0.25) is 0 Å². The predicted octanol–water partition coefficient (Wildman–Crippen LogP) is -0.825. The van der Waals surface area contributed by atoms with E-state index in [9.17, 15) is 9.59 Å². The summed E-state index contributed by atoms with van der Waals surface area (Å²) in [4.78, 5) is 33.6. The Labute approximate surface area is 117 Å². The van der Waals surface area contributed by atoms with Gasteiger partial charge in [-0.1, -0.05) is 11.3 Å². The monoisotopic (exact) mass is 295 g/mol. The third-order valence-corrected chi connectivity index (χ3v) is 4.07. The molecule has 8 nitrogen and oxygen atoms in total. The number of hydrogen-bond donors (Lipinski definition) is 1. The Kier molecular flexibility index (Phi) is 3.36. The minimum absolute atomic E-state index is 0.174. The molecule has 0 aromatic carbocycles. The minimum Gasteiger partial charge on any atom is -0.378 e. The van der Waals surface area contributed by atoms with E-state index in [1.165, 1.54) is 22.2 Å². The maximum atomic E-state index is 12.2. The standard InChI is InChI=1S/C11H13N5O3S/c12-7(17)5-16-6-13-9-8(10(16)18)20-11(14-9)15-1-3-19-4-2-15/h6H,1-5H2,(H2,12,17). The van der Waals surface area contributed by atoms with Gasteiger partial charge in [0.1, 0.15) is 17.6 Å². The number of amides is 1. The van der Waals surface area contributed by atoms with Crippen molar-refractivity contribution in [2.75, 3.05) is 31.2 Å². The summed E-state index contributed by atoms with van der Waals surface area (Å²) >= 11 is 1.28. The molecule has 0 aliphatic carbocycles. The number of rotatable bonds is 3. The molecule has 2 aromatic heterocycles. The van der Waals surface area contributed by atoms with Crippen LogP contribution in [0.5, 0.6) is 0 Å². The van der Waals surface area contributed by atoms with E-state index in [-0.39, 0.29) is 12.1 Å². The summed E-state index contributed by atoms with van der Waals surface area (Å²) in [6.45, 7) is 2.61. The van der Waals surface area contributed by atoms with Crippen molar-refractivity contribution in [1.82, 2.24) is 14.5 Å². The number of carbonyl (C=O) groups is 1. The SMILES string of the molecule is NC(=O)Cn1cnc2nc(N3CCOCC3)sc2c1=O. The quantitative estimate of drug-likeness (QED) is 0.793. The minimum atomic E-state index is -0.578. The van der Waals surface area contributed by atoms with Crippen LogP contribution in [0.4, 0.5) is 5.13 Å². The number of aromatic nitrogens is 3. The molecule has 0 spiro atoms. The van der Waals surface area contributed by atoms with Gasteiger partial charge in [0.05, 0.1) is 13.2 Å². The lowest BCUT2D eigenvalue weighted by molar-refractivity contribution is -0.118. The van der Waals surface area contributed by atoms with Gasteiger partial charge in [0.15, 0.2) is 10.8 Å². The van der Waals surface area contributed by atoms with Crippen LogP contribution in [0, 0.1) is 0 Å². The maximum Gasteiger partial charge on any atom is 0.273 e. The molecule has 3 rings (SSSR count). The van der Waals surface area contributed by atoms with E-state index in [0.29, 0.717) is 23.6 Å².